The molecule has 4 heteroatoms. The molecule has 0 heterocycles. The van der Waals surface area contributed by atoms with E-state index in [4.69, 9.17) is 0 Å². The van der Waals surface area contributed by atoms with Gasteiger partial charge in [-0.3, -0.25) is 0 Å². The third-order valence-electron chi connectivity index (χ3n) is 15.7. The summed E-state index contributed by atoms with van der Waals surface area (Å²) in [5.74, 6) is 0.135. The van der Waals surface area contributed by atoms with Crippen molar-refractivity contribution in [3.63, 3.8) is 0 Å². The maximum absolute atomic E-state index is 2.34. The molecule has 13 aromatic carbocycles. The zero-order valence-electron chi connectivity index (χ0n) is 46.6. The molecule has 0 fully saturated rings. The molecule has 1 atom stereocenters. The molecule has 1 unspecified atom stereocenters. The van der Waals surface area contributed by atoms with Crippen LogP contribution in [0.2, 0.25) is 0 Å². The number of para-hydroxylation sites is 5. The van der Waals surface area contributed by atoms with Gasteiger partial charge in [-0.2, -0.15) is 0 Å². The Labute approximate surface area is 494 Å². The second-order valence-corrected chi connectivity index (χ2v) is 20.9. The van der Waals surface area contributed by atoms with Crippen LogP contribution in [0.25, 0.3) is 0 Å². The van der Waals surface area contributed by atoms with Crippen LogP contribution in [0.1, 0.15) is 45.2 Å². The van der Waals surface area contributed by atoms with Crippen molar-refractivity contribution in [1.29, 1.82) is 0 Å². The molecule has 13 rings (SSSR count). The smallest absolute Gasteiger partial charge is 0.0463 e. The van der Waals surface area contributed by atoms with Crippen molar-refractivity contribution in [2.75, 3.05) is 19.6 Å². The third kappa shape index (κ3) is 11.4. The molecule has 0 amide bonds. The van der Waals surface area contributed by atoms with E-state index in [-0.39, 0.29) is 11.8 Å². The molecule has 0 spiro atoms. The number of hydrogen-bond acceptors (Lipinski definition) is 4. The summed E-state index contributed by atoms with van der Waals surface area (Å²) in [5, 5.41) is 0. The predicted octanol–water partition coefficient (Wildman–Crippen LogP) is 21.9. The van der Waals surface area contributed by atoms with Crippen molar-refractivity contribution >= 4 is 68.2 Å². The Morgan fingerprint density at radius 2 is 0.238 bits per heavy atom. The minimum Gasteiger partial charge on any atom is -0.311 e. The van der Waals surface area contributed by atoms with Crippen LogP contribution >= 0.6 is 0 Å². The van der Waals surface area contributed by atoms with Gasteiger partial charge in [0.2, 0.25) is 0 Å². The first-order chi connectivity index (χ1) is 41.7. The average Bonchev–Trinajstić information content (AvgIpc) is 3.61. The summed E-state index contributed by atoms with van der Waals surface area (Å²) in [7, 11) is 0. The Bertz CT molecular complexity index is 3760. The molecular formula is C80H62N4. The highest BCUT2D eigenvalue weighted by Crippen LogP contribution is 2.44. The molecule has 4 nitrogen and oxygen atoms in total. The first-order valence-corrected chi connectivity index (χ1v) is 28.8. The normalized spacial score (nSPS) is 11.4. The van der Waals surface area contributed by atoms with Crippen molar-refractivity contribution in [1.82, 2.24) is 0 Å². The highest BCUT2D eigenvalue weighted by atomic mass is 15.2. The summed E-state index contributed by atoms with van der Waals surface area (Å²) in [4.78, 5) is 9.33. The number of nitrogens with zero attached hydrogens (tertiary/aromatic N) is 4. The fourth-order valence-electron chi connectivity index (χ4n) is 11.7. The van der Waals surface area contributed by atoms with E-state index in [1.54, 1.807) is 0 Å². The molecule has 13 aromatic rings. The Morgan fingerprint density at radius 3 is 0.405 bits per heavy atom. The first-order valence-electron chi connectivity index (χ1n) is 28.8. The molecule has 0 radical (unpaired) electrons. The molecule has 0 saturated heterocycles. The lowest BCUT2D eigenvalue weighted by atomic mass is 9.85. The molecule has 0 aromatic heterocycles. The van der Waals surface area contributed by atoms with Gasteiger partial charge < -0.3 is 19.6 Å². The second-order valence-electron chi connectivity index (χ2n) is 20.9. The van der Waals surface area contributed by atoms with Crippen LogP contribution in [0, 0.1) is 0 Å². The van der Waals surface area contributed by atoms with Gasteiger partial charge in [0, 0.05) is 80.1 Å². The summed E-state index contributed by atoms with van der Waals surface area (Å²) in [6.45, 7) is 0. The van der Waals surface area contributed by atoms with Crippen molar-refractivity contribution < 1.29 is 0 Å². The molecule has 402 valence electrons. The van der Waals surface area contributed by atoms with Crippen LogP contribution in [0.4, 0.5) is 68.2 Å². The van der Waals surface area contributed by atoms with Gasteiger partial charge in [-0.15, -0.1) is 0 Å². The largest absolute Gasteiger partial charge is 0.311 e. The fraction of sp³-hybridized carbons (Fsp3) is 0.0250. The Morgan fingerprint density at radius 1 is 0.119 bits per heavy atom. The van der Waals surface area contributed by atoms with Crippen molar-refractivity contribution in [2.24, 2.45) is 0 Å². The molecular weight excluding hydrogens is 1020 g/mol. The molecule has 0 saturated carbocycles. The highest BCUT2D eigenvalue weighted by molar-refractivity contribution is 5.84. The number of hydrogen-bond donors (Lipinski definition) is 0. The highest BCUT2D eigenvalue weighted by Gasteiger charge is 2.23. The Hall–Kier alpha value is -10.9. The number of anilines is 12. The average molecular weight is 1080 g/mol. The van der Waals surface area contributed by atoms with Crippen LogP contribution in [0.15, 0.2) is 364 Å². The van der Waals surface area contributed by atoms with Crippen LogP contribution in [0.3, 0.4) is 0 Å². The van der Waals surface area contributed by atoms with E-state index in [0.717, 1.165) is 68.2 Å². The van der Waals surface area contributed by atoms with Crippen LogP contribution < -0.4 is 19.6 Å². The molecule has 0 aliphatic carbocycles. The van der Waals surface area contributed by atoms with E-state index in [2.05, 4.69) is 384 Å². The summed E-state index contributed by atoms with van der Waals surface area (Å²) >= 11 is 0. The molecule has 0 N–H and O–H groups in total. The van der Waals surface area contributed by atoms with E-state index >= 15 is 0 Å². The van der Waals surface area contributed by atoms with E-state index in [1.807, 2.05) is 0 Å². The molecule has 0 bridgehead atoms. The minimum atomic E-state index is 0.0186. The fourth-order valence-corrected chi connectivity index (χ4v) is 11.7. The van der Waals surface area contributed by atoms with Crippen LogP contribution in [-0.2, 0) is 0 Å². The standard InChI is InChI=1S/C80H62N4/c1-9-25-61(26-10-1)79(62-27-11-2-12-28-62)64-41-49-73(50-42-64)82(69-35-19-6-20-36-69)75-53-57-77(58-54-75)84(71-39-23-8-24-40-71)78-59-55-76(56-60-78)83(70-37-21-7-22-38-70)74-51-45-66(46-52-74)80(63-29-13-3-14-30-63)65-43-47-72(48-44-65)81(67-31-15-4-16-32-67)68-33-17-5-18-34-68/h1-60,79-80H. The van der Waals surface area contributed by atoms with Crippen molar-refractivity contribution in [2.45, 2.75) is 11.8 Å². The van der Waals surface area contributed by atoms with E-state index in [1.165, 1.54) is 33.4 Å². The van der Waals surface area contributed by atoms with Gasteiger partial charge in [-0.25, -0.2) is 0 Å². The maximum atomic E-state index is 2.34. The summed E-state index contributed by atoms with van der Waals surface area (Å²) in [6, 6.07) is 131. The number of rotatable bonds is 18. The summed E-state index contributed by atoms with van der Waals surface area (Å²) < 4.78 is 0. The van der Waals surface area contributed by atoms with Crippen LogP contribution in [0.5, 0.6) is 0 Å². The first kappa shape index (κ1) is 52.4. The Balaban J connectivity index is 0.805. The summed E-state index contributed by atoms with van der Waals surface area (Å²) in [6.07, 6.45) is 0. The zero-order chi connectivity index (χ0) is 56.3. The zero-order valence-corrected chi connectivity index (χ0v) is 46.6. The van der Waals surface area contributed by atoms with E-state index in [9.17, 15) is 0 Å². The lowest BCUT2D eigenvalue weighted by molar-refractivity contribution is 0.976. The van der Waals surface area contributed by atoms with Crippen molar-refractivity contribution in [3.05, 3.63) is 397 Å². The van der Waals surface area contributed by atoms with Gasteiger partial charge >= 0.3 is 0 Å². The van der Waals surface area contributed by atoms with Crippen LogP contribution in [-0.4, -0.2) is 0 Å². The van der Waals surface area contributed by atoms with Crippen molar-refractivity contribution in [3.8, 4) is 0 Å². The van der Waals surface area contributed by atoms with Gasteiger partial charge in [-0.1, -0.05) is 218 Å². The quantitative estimate of drug-likeness (QED) is 0.0794. The summed E-state index contributed by atoms with van der Waals surface area (Å²) in [5.41, 5.74) is 20.4. The third-order valence-corrected chi connectivity index (χ3v) is 15.7. The molecule has 84 heavy (non-hydrogen) atoms. The topological polar surface area (TPSA) is 13.0 Å². The number of benzene rings is 13. The molecule has 0 aliphatic heterocycles. The lowest BCUT2D eigenvalue weighted by Gasteiger charge is -2.30. The molecule has 0 aliphatic rings. The van der Waals surface area contributed by atoms with Gasteiger partial charge in [0.05, 0.1) is 0 Å². The van der Waals surface area contributed by atoms with E-state index < -0.39 is 0 Å². The van der Waals surface area contributed by atoms with Gasteiger partial charge in [0.25, 0.3) is 0 Å². The van der Waals surface area contributed by atoms with Gasteiger partial charge in [-0.05, 0) is 179 Å². The Kier molecular flexibility index (Phi) is 15.5. The van der Waals surface area contributed by atoms with E-state index in [0.29, 0.717) is 0 Å². The van der Waals surface area contributed by atoms with Gasteiger partial charge in [0.15, 0.2) is 0 Å². The maximum Gasteiger partial charge on any atom is 0.0463 e. The SMILES string of the molecule is c1ccc(C(c2ccccc2)c2ccc(N(c3ccccc3)c3ccc(N(c4ccccc4)c4ccc(N(c5ccccc5)c5ccc(C(c6ccccc6)c6ccc(N(c7ccccc7)c7ccccc7)cc6)cc5)cc4)cc3)cc2)cc1. The minimum absolute atomic E-state index is 0.0186. The monoisotopic (exact) mass is 1080 g/mol. The van der Waals surface area contributed by atoms with Gasteiger partial charge in [0.1, 0.15) is 0 Å². The second kappa shape index (κ2) is 24.8. The predicted molar refractivity (Wildman–Crippen MR) is 353 cm³/mol. The lowest BCUT2D eigenvalue weighted by Crippen LogP contribution is -2.13.